The fourth-order valence-electron chi connectivity index (χ4n) is 1.23. The number of rotatable bonds is 0. The van der Waals surface area contributed by atoms with Crippen molar-refractivity contribution in [3.63, 3.8) is 0 Å². The lowest BCUT2D eigenvalue weighted by Crippen LogP contribution is -2.17. The Labute approximate surface area is 65.8 Å². The van der Waals surface area contributed by atoms with Crippen molar-refractivity contribution in [3.05, 3.63) is 24.0 Å². The summed E-state index contributed by atoms with van der Waals surface area (Å²) in [6.07, 6.45) is 1.83. The van der Waals surface area contributed by atoms with Gasteiger partial charge in [-0.25, -0.2) is 0 Å². The first-order chi connectivity index (χ1) is 5.47. The first-order valence-corrected chi connectivity index (χ1v) is 3.85. The predicted octanol–water partition coefficient (Wildman–Crippen LogP) is 0.597. The van der Waals surface area contributed by atoms with Crippen LogP contribution in [-0.4, -0.2) is 18.1 Å². The first kappa shape index (κ1) is 6.61. The van der Waals surface area contributed by atoms with E-state index < -0.39 is 0 Å². The lowest BCUT2D eigenvalue weighted by molar-refractivity contribution is 0.713. The maximum Gasteiger partial charge on any atom is 0.0772 e. The summed E-state index contributed by atoms with van der Waals surface area (Å²) in [5, 5.41) is 6.58. The zero-order valence-electron chi connectivity index (χ0n) is 6.30. The molecule has 0 aromatic carbocycles. The van der Waals surface area contributed by atoms with Crippen LogP contribution in [0.25, 0.3) is 0 Å². The third-order valence-electron chi connectivity index (χ3n) is 1.80. The molecule has 1 aromatic heterocycles. The summed E-state index contributed by atoms with van der Waals surface area (Å²) in [6, 6.07) is 4.02. The lowest BCUT2D eigenvalue weighted by atomic mass is 10.3. The Morgan fingerprint density at radius 2 is 2.36 bits per heavy atom. The Balaban J connectivity index is 2.33. The van der Waals surface area contributed by atoms with E-state index in [0.29, 0.717) is 0 Å². The first-order valence-electron chi connectivity index (χ1n) is 3.85. The molecular formula is C8H11N3. The van der Waals surface area contributed by atoms with Crippen LogP contribution in [-0.2, 0) is 6.54 Å². The van der Waals surface area contributed by atoms with Crippen molar-refractivity contribution in [1.29, 1.82) is 0 Å². The summed E-state index contributed by atoms with van der Waals surface area (Å²) >= 11 is 0. The molecule has 2 rings (SSSR count). The highest BCUT2D eigenvalue weighted by molar-refractivity contribution is 5.47. The number of hydrogen-bond acceptors (Lipinski definition) is 3. The average Bonchev–Trinajstić information content (AvgIpc) is 2.28. The largest absolute Gasteiger partial charge is 0.382 e. The molecule has 0 saturated carbocycles. The minimum Gasteiger partial charge on any atom is -0.382 e. The van der Waals surface area contributed by atoms with Crippen LogP contribution in [0.1, 0.15) is 5.69 Å². The summed E-state index contributed by atoms with van der Waals surface area (Å²) in [5.41, 5.74) is 2.28. The van der Waals surface area contributed by atoms with Crippen molar-refractivity contribution in [3.8, 4) is 0 Å². The van der Waals surface area contributed by atoms with Crippen molar-refractivity contribution in [2.24, 2.45) is 0 Å². The molecule has 0 aliphatic carbocycles. The zero-order valence-corrected chi connectivity index (χ0v) is 6.30. The van der Waals surface area contributed by atoms with Gasteiger partial charge in [-0.05, 0) is 12.1 Å². The maximum atomic E-state index is 4.25. The quantitative estimate of drug-likeness (QED) is 0.567. The topological polar surface area (TPSA) is 37.0 Å². The highest BCUT2D eigenvalue weighted by Gasteiger charge is 2.04. The molecule has 0 spiro atoms. The van der Waals surface area contributed by atoms with Gasteiger partial charge in [-0.3, -0.25) is 4.98 Å². The molecule has 3 heteroatoms. The summed E-state index contributed by atoms with van der Waals surface area (Å²) in [7, 11) is 0. The van der Waals surface area contributed by atoms with Crippen molar-refractivity contribution in [1.82, 2.24) is 10.3 Å². The van der Waals surface area contributed by atoms with Gasteiger partial charge in [0.05, 0.1) is 11.4 Å². The zero-order chi connectivity index (χ0) is 7.52. The molecule has 0 unspecified atom stereocenters. The van der Waals surface area contributed by atoms with Gasteiger partial charge < -0.3 is 10.6 Å². The number of aromatic nitrogens is 1. The van der Waals surface area contributed by atoms with Gasteiger partial charge in [0.15, 0.2) is 0 Å². The molecule has 1 aliphatic heterocycles. The number of nitrogens with one attached hydrogen (secondary N) is 2. The van der Waals surface area contributed by atoms with Crippen LogP contribution in [0.2, 0.25) is 0 Å². The fourth-order valence-corrected chi connectivity index (χ4v) is 1.23. The monoisotopic (exact) mass is 149 g/mol. The van der Waals surface area contributed by atoms with E-state index in [4.69, 9.17) is 0 Å². The lowest BCUT2D eigenvalue weighted by Gasteiger charge is -2.03. The molecule has 0 saturated heterocycles. The van der Waals surface area contributed by atoms with E-state index in [9.17, 15) is 0 Å². The van der Waals surface area contributed by atoms with Gasteiger partial charge in [-0.15, -0.1) is 0 Å². The summed E-state index contributed by atoms with van der Waals surface area (Å²) in [6.45, 7) is 2.87. The van der Waals surface area contributed by atoms with Gasteiger partial charge in [0.1, 0.15) is 0 Å². The Morgan fingerprint density at radius 3 is 3.36 bits per heavy atom. The molecule has 0 radical (unpaired) electrons. The molecule has 58 valence electrons. The van der Waals surface area contributed by atoms with Crippen LogP contribution in [0.3, 0.4) is 0 Å². The summed E-state index contributed by atoms with van der Waals surface area (Å²) < 4.78 is 0. The molecular weight excluding hydrogens is 138 g/mol. The molecule has 0 atom stereocenters. The second kappa shape index (κ2) is 2.88. The molecule has 1 aromatic rings. The minimum atomic E-state index is 0.878. The van der Waals surface area contributed by atoms with E-state index in [0.717, 1.165) is 31.0 Å². The van der Waals surface area contributed by atoms with E-state index in [1.54, 1.807) is 0 Å². The van der Waals surface area contributed by atoms with Crippen LogP contribution in [0.5, 0.6) is 0 Å². The molecule has 2 heterocycles. The summed E-state index contributed by atoms with van der Waals surface area (Å²) in [4.78, 5) is 4.25. The standard InChI is InChI=1S/C8H11N3/c1-2-7-8(10-3-1)6-9-4-5-11-7/h1-3,9,11H,4-6H2. The minimum absolute atomic E-state index is 0.878. The van der Waals surface area contributed by atoms with Crippen LogP contribution in [0.4, 0.5) is 5.69 Å². The Hall–Kier alpha value is -1.09. The Kier molecular flexibility index (Phi) is 1.73. The smallest absolute Gasteiger partial charge is 0.0772 e. The highest BCUT2D eigenvalue weighted by Crippen LogP contribution is 2.12. The van der Waals surface area contributed by atoms with Crippen LogP contribution < -0.4 is 10.6 Å². The van der Waals surface area contributed by atoms with E-state index in [2.05, 4.69) is 21.7 Å². The third-order valence-corrected chi connectivity index (χ3v) is 1.80. The van der Waals surface area contributed by atoms with Crippen LogP contribution in [0.15, 0.2) is 18.3 Å². The number of anilines is 1. The van der Waals surface area contributed by atoms with Gasteiger partial charge in [0.2, 0.25) is 0 Å². The van der Waals surface area contributed by atoms with Crippen molar-refractivity contribution in [2.75, 3.05) is 18.4 Å². The number of fused-ring (bicyclic) bond motifs is 1. The fraction of sp³-hybridized carbons (Fsp3) is 0.375. The predicted molar refractivity (Wildman–Crippen MR) is 44.4 cm³/mol. The highest BCUT2D eigenvalue weighted by atomic mass is 15.0. The van der Waals surface area contributed by atoms with Gasteiger partial charge >= 0.3 is 0 Å². The van der Waals surface area contributed by atoms with E-state index in [1.807, 2.05) is 12.3 Å². The van der Waals surface area contributed by atoms with Crippen molar-refractivity contribution >= 4 is 5.69 Å². The second-order valence-corrected chi connectivity index (χ2v) is 2.60. The second-order valence-electron chi connectivity index (χ2n) is 2.60. The number of nitrogens with zero attached hydrogens (tertiary/aromatic N) is 1. The summed E-state index contributed by atoms with van der Waals surface area (Å²) in [5.74, 6) is 0. The van der Waals surface area contributed by atoms with E-state index >= 15 is 0 Å². The van der Waals surface area contributed by atoms with Crippen molar-refractivity contribution in [2.45, 2.75) is 6.54 Å². The molecule has 3 nitrogen and oxygen atoms in total. The SMILES string of the molecule is c1cnc2c(c1)NCCNC2. The molecule has 0 fully saturated rings. The Morgan fingerprint density at radius 1 is 1.36 bits per heavy atom. The van der Waals surface area contributed by atoms with Gasteiger partial charge in [-0.1, -0.05) is 0 Å². The van der Waals surface area contributed by atoms with E-state index in [-0.39, 0.29) is 0 Å². The Bertz CT molecular complexity index is 222. The molecule has 0 bridgehead atoms. The maximum absolute atomic E-state index is 4.25. The molecule has 1 aliphatic rings. The van der Waals surface area contributed by atoms with Crippen molar-refractivity contribution < 1.29 is 0 Å². The molecule has 2 N–H and O–H groups in total. The average molecular weight is 149 g/mol. The van der Waals surface area contributed by atoms with Gasteiger partial charge in [0, 0.05) is 25.8 Å². The third kappa shape index (κ3) is 1.33. The molecule has 11 heavy (non-hydrogen) atoms. The molecule has 0 amide bonds. The number of pyridine rings is 1. The van der Waals surface area contributed by atoms with Crippen LogP contribution >= 0.6 is 0 Å². The number of hydrogen-bond donors (Lipinski definition) is 2. The van der Waals surface area contributed by atoms with E-state index in [1.165, 1.54) is 0 Å². The van der Waals surface area contributed by atoms with Gasteiger partial charge in [0.25, 0.3) is 0 Å². The van der Waals surface area contributed by atoms with Gasteiger partial charge in [-0.2, -0.15) is 0 Å². The van der Waals surface area contributed by atoms with Crippen LogP contribution in [0, 0.1) is 0 Å². The normalized spacial score (nSPS) is 16.4.